The lowest BCUT2D eigenvalue weighted by Crippen LogP contribution is -2.33. The van der Waals surface area contributed by atoms with Crippen molar-refractivity contribution in [3.8, 4) is 0 Å². The molecule has 20 heavy (non-hydrogen) atoms. The van der Waals surface area contributed by atoms with E-state index in [9.17, 15) is 8.78 Å². The number of nitrogens with zero attached hydrogens (tertiary/aromatic N) is 1. The average molecular weight is 276 g/mol. The van der Waals surface area contributed by atoms with Crippen LogP contribution in [0, 0.1) is 11.6 Å². The number of halogens is 2. The smallest absolute Gasteiger partial charge is 0.125 e. The van der Waals surface area contributed by atoms with Gasteiger partial charge in [-0.05, 0) is 42.8 Å². The van der Waals surface area contributed by atoms with Crippen LogP contribution in [0.15, 0.2) is 48.5 Å². The van der Waals surface area contributed by atoms with Crippen LogP contribution in [-0.2, 0) is 0 Å². The maximum atomic E-state index is 13.4. The summed E-state index contributed by atoms with van der Waals surface area (Å²) in [7, 11) is 0. The molecular weight excluding hydrogens is 258 g/mol. The van der Waals surface area contributed by atoms with Crippen molar-refractivity contribution in [2.24, 2.45) is 5.73 Å². The Hall–Kier alpha value is -1.94. The van der Waals surface area contributed by atoms with Crippen molar-refractivity contribution in [1.82, 2.24) is 0 Å². The SMILES string of the molecule is CCN(c1cccc(F)c1)C(CN)c1ccc(F)cc1. The van der Waals surface area contributed by atoms with E-state index in [1.165, 1.54) is 24.3 Å². The minimum absolute atomic E-state index is 0.109. The second-order valence-electron chi connectivity index (χ2n) is 4.57. The van der Waals surface area contributed by atoms with E-state index in [1.54, 1.807) is 18.2 Å². The fourth-order valence-electron chi connectivity index (χ4n) is 2.37. The summed E-state index contributed by atoms with van der Waals surface area (Å²) in [5.74, 6) is -0.561. The highest BCUT2D eigenvalue weighted by Crippen LogP contribution is 2.27. The van der Waals surface area contributed by atoms with Crippen LogP contribution in [-0.4, -0.2) is 13.1 Å². The van der Waals surface area contributed by atoms with Crippen molar-refractivity contribution in [2.45, 2.75) is 13.0 Å². The molecule has 0 saturated carbocycles. The predicted molar refractivity (Wildman–Crippen MR) is 77.6 cm³/mol. The van der Waals surface area contributed by atoms with Crippen molar-refractivity contribution in [3.63, 3.8) is 0 Å². The van der Waals surface area contributed by atoms with Gasteiger partial charge < -0.3 is 10.6 Å². The van der Waals surface area contributed by atoms with Gasteiger partial charge in [0.1, 0.15) is 11.6 Å². The van der Waals surface area contributed by atoms with Gasteiger partial charge in [-0.3, -0.25) is 0 Å². The van der Waals surface area contributed by atoms with Crippen LogP contribution in [0.25, 0.3) is 0 Å². The van der Waals surface area contributed by atoms with Crippen LogP contribution in [0.2, 0.25) is 0 Å². The summed E-state index contributed by atoms with van der Waals surface area (Å²) in [6.07, 6.45) is 0. The molecule has 0 heterocycles. The van der Waals surface area contributed by atoms with Gasteiger partial charge in [0, 0.05) is 18.8 Å². The van der Waals surface area contributed by atoms with Crippen molar-refractivity contribution in [2.75, 3.05) is 18.0 Å². The highest BCUT2D eigenvalue weighted by atomic mass is 19.1. The molecule has 0 aliphatic heterocycles. The quantitative estimate of drug-likeness (QED) is 0.905. The van der Waals surface area contributed by atoms with Crippen LogP contribution in [0.5, 0.6) is 0 Å². The summed E-state index contributed by atoms with van der Waals surface area (Å²) in [6, 6.07) is 12.6. The summed E-state index contributed by atoms with van der Waals surface area (Å²) >= 11 is 0. The Morgan fingerprint density at radius 2 is 1.75 bits per heavy atom. The molecule has 2 nitrogen and oxygen atoms in total. The number of hydrogen-bond acceptors (Lipinski definition) is 2. The van der Waals surface area contributed by atoms with Crippen molar-refractivity contribution in [3.05, 3.63) is 65.7 Å². The summed E-state index contributed by atoms with van der Waals surface area (Å²) in [4.78, 5) is 2.01. The molecule has 0 aliphatic rings. The van der Waals surface area contributed by atoms with Crippen molar-refractivity contribution >= 4 is 5.69 Å². The van der Waals surface area contributed by atoms with Gasteiger partial charge in [-0.15, -0.1) is 0 Å². The highest BCUT2D eigenvalue weighted by molar-refractivity contribution is 5.49. The molecule has 2 aromatic rings. The molecule has 0 aromatic heterocycles. The molecule has 0 aliphatic carbocycles. The molecule has 0 spiro atoms. The predicted octanol–water partition coefficient (Wildman–Crippen LogP) is 3.49. The second kappa shape index (κ2) is 6.48. The number of rotatable bonds is 5. The van der Waals surface area contributed by atoms with Gasteiger partial charge in [-0.25, -0.2) is 8.78 Å². The third-order valence-corrected chi connectivity index (χ3v) is 3.33. The molecular formula is C16H18F2N2. The van der Waals surface area contributed by atoms with E-state index in [2.05, 4.69) is 0 Å². The first-order valence-electron chi connectivity index (χ1n) is 6.63. The normalized spacial score (nSPS) is 12.2. The number of nitrogens with two attached hydrogens (primary N) is 1. The molecule has 0 saturated heterocycles. The maximum Gasteiger partial charge on any atom is 0.125 e. The number of likely N-dealkylation sites (N-methyl/N-ethyl adjacent to an activating group) is 1. The molecule has 0 bridgehead atoms. The van der Waals surface area contributed by atoms with Crippen molar-refractivity contribution < 1.29 is 8.78 Å². The summed E-state index contributed by atoms with van der Waals surface area (Å²) in [5.41, 5.74) is 7.55. The fourth-order valence-corrected chi connectivity index (χ4v) is 2.37. The van der Waals surface area contributed by atoms with E-state index in [1.807, 2.05) is 17.9 Å². The lowest BCUT2D eigenvalue weighted by atomic mass is 10.0. The van der Waals surface area contributed by atoms with E-state index < -0.39 is 0 Å². The van der Waals surface area contributed by atoms with Gasteiger partial charge in [0.2, 0.25) is 0 Å². The largest absolute Gasteiger partial charge is 0.363 e. The van der Waals surface area contributed by atoms with Gasteiger partial charge in [0.25, 0.3) is 0 Å². The van der Waals surface area contributed by atoms with E-state index in [-0.39, 0.29) is 17.7 Å². The highest BCUT2D eigenvalue weighted by Gasteiger charge is 2.18. The zero-order chi connectivity index (χ0) is 14.5. The molecule has 0 amide bonds. The maximum absolute atomic E-state index is 13.4. The van der Waals surface area contributed by atoms with E-state index in [0.717, 1.165) is 11.3 Å². The van der Waals surface area contributed by atoms with E-state index in [0.29, 0.717) is 13.1 Å². The van der Waals surface area contributed by atoms with Crippen molar-refractivity contribution in [1.29, 1.82) is 0 Å². The monoisotopic (exact) mass is 276 g/mol. The zero-order valence-electron chi connectivity index (χ0n) is 11.4. The Labute approximate surface area is 117 Å². The van der Waals surface area contributed by atoms with E-state index in [4.69, 9.17) is 5.73 Å². The molecule has 0 fully saturated rings. The molecule has 1 unspecified atom stereocenters. The van der Waals surface area contributed by atoms with E-state index >= 15 is 0 Å². The van der Waals surface area contributed by atoms with Gasteiger partial charge in [0.05, 0.1) is 6.04 Å². The second-order valence-corrected chi connectivity index (χ2v) is 4.57. The Morgan fingerprint density at radius 3 is 2.30 bits per heavy atom. The minimum atomic E-state index is -0.282. The van der Waals surface area contributed by atoms with Crippen LogP contribution in [0.3, 0.4) is 0 Å². The molecule has 1 atom stereocenters. The minimum Gasteiger partial charge on any atom is -0.363 e. The summed E-state index contributed by atoms with van der Waals surface area (Å²) in [5, 5.41) is 0. The first-order valence-corrected chi connectivity index (χ1v) is 6.63. The van der Waals surface area contributed by atoms with Gasteiger partial charge in [0.15, 0.2) is 0 Å². The van der Waals surface area contributed by atoms with Gasteiger partial charge in [-0.2, -0.15) is 0 Å². The summed E-state index contributed by atoms with van der Waals surface area (Å²) < 4.78 is 26.4. The van der Waals surface area contributed by atoms with Crippen LogP contribution >= 0.6 is 0 Å². The first kappa shape index (κ1) is 14.5. The molecule has 2 rings (SSSR count). The lowest BCUT2D eigenvalue weighted by Gasteiger charge is -2.32. The molecule has 106 valence electrons. The fraction of sp³-hybridized carbons (Fsp3) is 0.250. The van der Waals surface area contributed by atoms with Crippen LogP contribution in [0.1, 0.15) is 18.5 Å². The molecule has 2 N–H and O–H groups in total. The zero-order valence-corrected chi connectivity index (χ0v) is 11.4. The number of benzene rings is 2. The topological polar surface area (TPSA) is 29.3 Å². The Kier molecular flexibility index (Phi) is 4.69. The van der Waals surface area contributed by atoms with Gasteiger partial charge >= 0.3 is 0 Å². The first-order chi connectivity index (χ1) is 9.65. The third kappa shape index (κ3) is 3.14. The summed E-state index contributed by atoms with van der Waals surface area (Å²) in [6.45, 7) is 3.04. The Bertz CT molecular complexity index is 555. The Balaban J connectivity index is 2.34. The van der Waals surface area contributed by atoms with Gasteiger partial charge in [-0.1, -0.05) is 18.2 Å². The average Bonchev–Trinajstić information content (AvgIpc) is 2.46. The molecule has 4 heteroatoms. The van der Waals surface area contributed by atoms with Crippen LogP contribution in [0.4, 0.5) is 14.5 Å². The standard InChI is InChI=1S/C16H18F2N2/c1-2-20(15-5-3-4-14(18)10-15)16(11-19)12-6-8-13(17)9-7-12/h3-10,16H,2,11,19H2,1H3. The molecule has 2 aromatic carbocycles. The van der Waals surface area contributed by atoms with Crippen LogP contribution < -0.4 is 10.6 Å². The Morgan fingerprint density at radius 1 is 1.05 bits per heavy atom. The molecule has 0 radical (unpaired) electrons. The number of hydrogen-bond donors (Lipinski definition) is 1. The third-order valence-electron chi connectivity index (χ3n) is 3.33. The lowest BCUT2D eigenvalue weighted by molar-refractivity contribution is 0.610. The number of anilines is 1.